The molecule has 0 radical (unpaired) electrons. The van der Waals surface area contributed by atoms with Crippen LogP contribution < -0.4 is 10.6 Å². The van der Waals surface area contributed by atoms with E-state index in [1.807, 2.05) is 37.3 Å². The van der Waals surface area contributed by atoms with Crippen LogP contribution in [0.2, 0.25) is 0 Å². The number of fused-ring (bicyclic) bond motifs is 1. The Morgan fingerprint density at radius 2 is 1.78 bits per heavy atom. The highest BCUT2D eigenvalue weighted by atomic mass is 19.4. The number of carboxylic acids is 1. The third-order valence-electron chi connectivity index (χ3n) is 7.61. The number of hydrogen-bond acceptors (Lipinski definition) is 5. The summed E-state index contributed by atoms with van der Waals surface area (Å²) >= 11 is 0. The van der Waals surface area contributed by atoms with Gasteiger partial charge in [0, 0.05) is 36.6 Å². The van der Waals surface area contributed by atoms with Crippen molar-refractivity contribution in [3.8, 4) is 0 Å². The molecule has 0 saturated carbocycles. The van der Waals surface area contributed by atoms with Gasteiger partial charge in [0.15, 0.2) is 0 Å². The number of benzene rings is 2. The van der Waals surface area contributed by atoms with Gasteiger partial charge >= 0.3 is 12.1 Å². The Kier molecular flexibility index (Phi) is 8.91. The number of para-hydroxylation sites is 1. The second-order valence-corrected chi connectivity index (χ2v) is 10.4. The van der Waals surface area contributed by atoms with Crippen molar-refractivity contribution in [2.45, 2.75) is 37.9 Å². The van der Waals surface area contributed by atoms with Gasteiger partial charge in [0.25, 0.3) is 5.91 Å². The van der Waals surface area contributed by atoms with E-state index in [1.54, 1.807) is 18.3 Å². The largest absolute Gasteiger partial charge is 0.490 e. The van der Waals surface area contributed by atoms with E-state index < -0.39 is 17.6 Å². The van der Waals surface area contributed by atoms with Gasteiger partial charge in [-0.1, -0.05) is 30.3 Å². The van der Waals surface area contributed by atoms with Gasteiger partial charge in [-0.3, -0.25) is 14.6 Å². The van der Waals surface area contributed by atoms with Crippen LogP contribution in [0.3, 0.4) is 0 Å². The number of nitrogens with one attached hydrogen (secondary N) is 2. The molecule has 3 N–H and O–H groups in total. The number of hydrogen-bond donors (Lipinski definition) is 3. The van der Waals surface area contributed by atoms with Crippen molar-refractivity contribution in [2.75, 3.05) is 26.2 Å². The first-order valence-corrected chi connectivity index (χ1v) is 13.1. The quantitative estimate of drug-likeness (QED) is 0.396. The number of halogens is 4. The standard InChI is InChI=1S/C27H29FN4O2.C2HF3O2/c1-18(31-25(33)21-14-20-4-2-3-5-24(20)29-15-21)17-32-12-10-27(11-13-32)23(16-30-26(27)34)19-6-8-22(28)9-7-19;3-2(4,5)1(6)7/h2-9,14-15,18,23H,10-13,16-17H2,1H3,(H,30,34)(H,31,33);(H,6,7)/t18-,23+;/m0./s1. The van der Waals surface area contributed by atoms with E-state index in [2.05, 4.69) is 20.5 Å². The van der Waals surface area contributed by atoms with Crippen LogP contribution in [0.4, 0.5) is 17.6 Å². The van der Waals surface area contributed by atoms with Gasteiger partial charge in [-0.15, -0.1) is 0 Å². The van der Waals surface area contributed by atoms with Crippen LogP contribution in [-0.2, 0) is 9.59 Å². The number of carbonyl (C=O) groups is 3. The molecule has 41 heavy (non-hydrogen) atoms. The Bertz CT molecular complexity index is 1410. The molecular formula is C29H30F4N4O4. The Balaban J connectivity index is 0.000000493. The second-order valence-electron chi connectivity index (χ2n) is 10.4. The summed E-state index contributed by atoms with van der Waals surface area (Å²) < 4.78 is 45.1. The number of rotatable bonds is 5. The van der Waals surface area contributed by atoms with Gasteiger partial charge in [-0.05, 0) is 62.7 Å². The van der Waals surface area contributed by atoms with E-state index in [4.69, 9.17) is 9.90 Å². The molecule has 2 aromatic carbocycles. The van der Waals surface area contributed by atoms with Crippen molar-refractivity contribution >= 4 is 28.7 Å². The average molecular weight is 575 g/mol. The number of piperidine rings is 1. The van der Waals surface area contributed by atoms with Crippen LogP contribution >= 0.6 is 0 Å². The Morgan fingerprint density at radius 3 is 2.41 bits per heavy atom. The molecule has 2 fully saturated rings. The van der Waals surface area contributed by atoms with E-state index in [-0.39, 0.29) is 29.6 Å². The third kappa shape index (κ3) is 6.99. The molecule has 2 saturated heterocycles. The second kappa shape index (κ2) is 12.2. The van der Waals surface area contributed by atoms with Crippen molar-refractivity contribution in [2.24, 2.45) is 5.41 Å². The fraction of sp³-hybridized carbons (Fsp3) is 0.379. The molecular weight excluding hydrogens is 544 g/mol. The minimum Gasteiger partial charge on any atom is -0.475 e. The first-order chi connectivity index (χ1) is 19.4. The van der Waals surface area contributed by atoms with Gasteiger partial charge in [0.2, 0.25) is 5.91 Å². The summed E-state index contributed by atoms with van der Waals surface area (Å²) in [5.41, 5.74) is 1.98. The number of aliphatic carboxylic acids is 1. The van der Waals surface area contributed by atoms with Gasteiger partial charge in [-0.2, -0.15) is 13.2 Å². The van der Waals surface area contributed by atoms with E-state index in [1.165, 1.54) is 12.1 Å². The number of likely N-dealkylation sites (tertiary alicyclic amines) is 1. The first kappa shape index (κ1) is 29.9. The lowest BCUT2D eigenvalue weighted by Crippen LogP contribution is -2.49. The highest BCUT2D eigenvalue weighted by Crippen LogP contribution is 2.47. The molecule has 3 aromatic rings. The summed E-state index contributed by atoms with van der Waals surface area (Å²) in [5.74, 6) is -2.99. The molecule has 3 heterocycles. The highest BCUT2D eigenvalue weighted by molar-refractivity contribution is 5.97. The van der Waals surface area contributed by atoms with E-state index in [9.17, 15) is 27.2 Å². The Hall–Kier alpha value is -4.06. The topological polar surface area (TPSA) is 112 Å². The monoisotopic (exact) mass is 574 g/mol. The molecule has 0 aliphatic carbocycles. The SMILES string of the molecule is C[C@@H](CN1CCC2(CC1)C(=O)NC[C@@H]2c1ccc(F)cc1)NC(=O)c1cnc2ccccc2c1.O=C(O)C(F)(F)F. The zero-order chi connectivity index (χ0) is 29.8. The summed E-state index contributed by atoms with van der Waals surface area (Å²) in [6.07, 6.45) is -1.98. The zero-order valence-corrected chi connectivity index (χ0v) is 22.2. The maximum atomic E-state index is 13.4. The average Bonchev–Trinajstić information content (AvgIpc) is 3.25. The predicted molar refractivity (Wildman–Crippen MR) is 143 cm³/mol. The molecule has 0 bridgehead atoms. The molecule has 218 valence electrons. The molecule has 0 unspecified atom stereocenters. The van der Waals surface area contributed by atoms with Crippen molar-refractivity contribution in [1.29, 1.82) is 0 Å². The van der Waals surface area contributed by atoms with Crippen LogP contribution in [0.5, 0.6) is 0 Å². The Morgan fingerprint density at radius 1 is 1.15 bits per heavy atom. The van der Waals surface area contributed by atoms with E-state index in [0.29, 0.717) is 18.7 Å². The maximum absolute atomic E-state index is 13.4. The molecule has 2 amide bonds. The first-order valence-electron chi connectivity index (χ1n) is 13.1. The number of nitrogens with zero attached hydrogens (tertiary/aromatic N) is 2. The molecule has 2 aliphatic rings. The summed E-state index contributed by atoms with van der Waals surface area (Å²) in [7, 11) is 0. The number of pyridine rings is 1. The molecule has 1 aromatic heterocycles. The van der Waals surface area contributed by atoms with Gasteiger partial charge in [0.1, 0.15) is 5.82 Å². The zero-order valence-electron chi connectivity index (χ0n) is 22.2. The van der Waals surface area contributed by atoms with Crippen molar-refractivity contribution in [3.05, 3.63) is 77.7 Å². The van der Waals surface area contributed by atoms with E-state index in [0.717, 1.165) is 42.4 Å². The molecule has 2 atom stereocenters. The van der Waals surface area contributed by atoms with Gasteiger partial charge in [-0.25, -0.2) is 9.18 Å². The lowest BCUT2D eigenvalue weighted by atomic mass is 9.68. The smallest absolute Gasteiger partial charge is 0.475 e. The minimum absolute atomic E-state index is 0.0432. The number of aromatic nitrogens is 1. The normalized spacial score (nSPS) is 19.2. The van der Waals surface area contributed by atoms with Crippen LogP contribution in [0.1, 0.15) is 41.6 Å². The Labute approximate surface area is 233 Å². The summed E-state index contributed by atoms with van der Waals surface area (Å²) in [6, 6.07) is 16.1. The fourth-order valence-electron chi connectivity index (χ4n) is 5.50. The van der Waals surface area contributed by atoms with Gasteiger partial charge in [0.05, 0.1) is 16.5 Å². The lowest BCUT2D eigenvalue weighted by Gasteiger charge is -2.41. The maximum Gasteiger partial charge on any atom is 0.490 e. The number of amides is 2. The number of carbonyl (C=O) groups excluding carboxylic acids is 2. The van der Waals surface area contributed by atoms with Crippen LogP contribution in [-0.4, -0.2) is 71.2 Å². The van der Waals surface area contributed by atoms with E-state index >= 15 is 0 Å². The summed E-state index contributed by atoms with van der Waals surface area (Å²) in [5, 5.41) is 14.2. The third-order valence-corrected chi connectivity index (χ3v) is 7.61. The number of carboxylic acid groups (broad SMARTS) is 1. The number of alkyl halides is 3. The summed E-state index contributed by atoms with van der Waals surface area (Å²) in [6.45, 7) is 4.87. The minimum atomic E-state index is -5.08. The molecule has 1 spiro atoms. The van der Waals surface area contributed by atoms with Crippen molar-refractivity contribution in [3.63, 3.8) is 0 Å². The molecule has 8 nitrogen and oxygen atoms in total. The van der Waals surface area contributed by atoms with Crippen LogP contribution in [0, 0.1) is 11.2 Å². The fourth-order valence-corrected chi connectivity index (χ4v) is 5.50. The predicted octanol–water partition coefficient (Wildman–Crippen LogP) is 4.12. The molecule has 2 aliphatic heterocycles. The van der Waals surface area contributed by atoms with Crippen LogP contribution in [0.25, 0.3) is 10.9 Å². The molecule has 5 rings (SSSR count). The van der Waals surface area contributed by atoms with Crippen molar-refractivity contribution < 1.29 is 37.1 Å². The summed E-state index contributed by atoms with van der Waals surface area (Å²) in [4.78, 5) is 41.2. The highest BCUT2D eigenvalue weighted by Gasteiger charge is 2.52. The van der Waals surface area contributed by atoms with Crippen molar-refractivity contribution in [1.82, 2.24) is 20.5 Å². The lowest BCUT2D eigenvalue weighted by molar-refractivity contribution is -0.192. The van der Waals surface area contributed by atoms with Gasteiger partial charge < -0.3 is 20.6 Å². The van der Waals surface area contributed by atoms with Crippen LogP contribution in [0.15, 0.2) is 60.8 Å². The molecule has 12 heteroatoms.